The Bertz CT molecular complexity index is 663. The zero-order valence-corrected chi connectivity index (χ0v) is 16.1. The second kappa shape index (κ2) is 9.06. The Balaban J connectivity index is 1.62. The van der Waals surface area contributed by atoms with Crippen LogP contribution >= 0.6 is 0 Å². The highest BCUT2D eigenvalue weighted by atomic mass is 16.6. The molecule has 0 bridgehead atoms. The number of amides is 1. The summed E-state index contributed by atoms with van der Waals surface area (Å²) in [4.78, 5) is 27.8. The van der Waals surface area contributed by atoms with Gasteiger partial charge in [-0.1, -0.05) is 12.8 Å². The molecule has 2 aliphatic rings. The van der Waals surface area contributed by atoms with Crippen molar-refractivity contribution in [3.05, 3.63) is 28.3 Å². The SMILES string of the molecule is CCOc1cc(N2CCC(C(=O)N3CCCCCC3)CC2)ccc1[N+](=O)[O-]. The Hall–Kier alpha value is -2.31. The minimum atomic E-state index is -0.416. The van der Waals surface area contributed by atoms with Crippen molar-refractivity contribution in [1.82, 2.24) is 4.90 Å². The number of hydrogen-bond donors (Lipinski definition) is 0. The molecule has 2 saturated heterocycles. The highest BCUT2D eigenvalue weighted by molar-refractivity contribution is 5.79. The summed E-state index contributed by atoms with van der Waals surface area (Å²) in [5.74, 6) is 0.724. The van der Waals surface area contributed by atoms with E-state index in [0.29, 0.717) is 18.3 Å². The second-order valence-corrected chi connectivity index (χ2v) is 7.34. The first kappa shape index (κ1) is 19.5. The molecule has 7 heteroatoms. The number of nitro benzene ring substituents is 1. The van der Waals surface area contributed by atoms with Crippen molar-refractivity contribution in [2.45, 2.75) is 45.4 Å². The number of carbonyl (C=O) groups is 1. The molecule has 1 aromatic carbocycles. The number of likely N-dealkylation sites (tertiary alicyclic amines) is 1. The van der Waals surface area contributed by atoms with Crippen molar-refractivity contribution >= 4 is 17.3 Å². The third kappa shape index (κ3) is 4.70. The lowest BCUT2D eigenvalue weighted by Crippen LogP contribution is -2.43. The summed E-state index contributed by atoms with van der Waals surface area (Å²) in [5, 5.41) is 11.1. The van der Waals surface area contributed by atoms with Gasteiger partial charge in [-0.05, 0) is 38.7 Å². The first-order chi connectivity index (χ1) is 13.1. The number of piperidine rings is 1. The Kier molecular flexibility index (Phi) is 6.53. The molecule has 148 valence electrons. The molecule has 1 aromatic rings. The van der Waals surface area contributed by atoms with Gasteiger partial charge >= 0.3 is 5.69 Å². The van der Waals surface area contributed by atoms with Gasteiger partial charge in [-0.3, -0.25) is 14.9 Å². The first-order valence-corrected chi connectivity index (χ1v) is 10.0. The predicted octanol–water partition coefficient (Wildman–Crippen LogP) is 3.61. The minimum Gasteiger partial charge on any atom is -0.487 e. The monoisotopic (exact) mass is 375 g/mol. The molecule has 7 nitrogen and oxygen atoms in total. The molecule has 0 saturated carbocycles. The largest absolute Gasteiger partial charge is 0.487 e. The van der Waals surface area contributed by atoms with Crippen LogP contribution in [0.4, 0.5) is 11.4 Å². The molecule has 0 radical (unpaired) electrons. The van der Waals surface area contributed by atoms with Gasteiger partial charge in [0.25, 0.3) is 0 Å². The number of nitro groups is 1. The molecule has 1 amide bonds. The highest BCUT2D eigenvalue weighted by Crippen LogP contribution is 2.33. The van der Waals surface area contributed by atoms with Crippen molar-refractivity contribution < 1.29 is 14.5 Å². The van der Waals surface area contributed by atoms with Gasteiger partial charge in [0.15, 0.2) is 5.75 Å². The van der Waals surface area contributed by atoms with E-state index in [1.54, 1.807) is 12.1 Å². The van der Waals surface area contributed by atoms with Crippen LogP contribution in [-0.2, 0) is 4.79 Å². The second-order valence-electron chi connectivity index (χ2n) is 7.34. The topological polar surface area (TPSA) is 75.9 Å². The van der Waals surface area contributed by atoms with Gasteiger partial charge in [0.05, 0.1) is 11.5 Å². The molecule has 2 fully saturated rings. The van der Waals surface area contributed by atoms with Crippen molar-refractivity contribution in [3.63, 3.8) is 0 Å². The molecular weight excluding hydrogens is 346 g/mol. The van der Waals surface area contributed by atoms with Crippen LogP contribution in [0.5, 0.6) is 5.75 Å². The molecule has 0 spiro atoms. The third-order valence-corrected chi connectivity index (χ3v) is 5.57. The fourth-order valence-corrected chi connectivity index (χ4v) is 4.06. The predicted molar refractivity (Wildman–Crippen MR) is 104 cm³/mol. The number of anilines is 1. The maximum Gasteiger partial charge on any atom is 0.311 e. The number of nitrogens with zero attached hydrogens (tertiary/aromatic N) is 3. The Morgan fingerprint density at radius 1 is 1.15 bits per heavy atom. The number of benzene rings is 1. The zero-order chi connectivity index (χ0) is 19.2. The molecule has 2 heterocycles. The summed E-state index contributed by atoms with van der Waals surface area (Å²) in [6, 6.07) is 5.03. The quantitative estimate of drug-likeness (QED) is 0.580. The summed E-state index contributed by atoms with van der Waals surface area (Å²) in [5.41, 5.74) is 0.913. The lowest BCUT2D eigenvalue weighted by Gasteiger charge is -2.35. The van der Waals surface area contributed by atoms with Gasteiger partial charge in [-0.25, -0.2) is 0 Å². The van der Waals surface area contributed by atoms with E-state index >= 15 is 0 Å². The lowest BCUT2D eigenvalue weighted by molar-refractivity contribution is -0.385. The number of hydrogen-bond acceptors (Lipinski definition) is 5. The van der Waals surface area contributed by atoms with Crippen molar-refractivity contribution in [3.8, 4) is 5.75 Å². The fraction of sp³-hybridized carbons (Fsp3) is 0.650. The van der Waals surface area contributed by atoms with Crippen LogP contribution in [0.1, 0.15) is 45.4 Å². The van der Waals surface area contributed by atoms with E-state index in [2.05, 4.69) is 9.80 Å². The van der Waals surface area contributed by atoms with E-state index in [9.17, 15) is 14.9 Å². The number of rotatable bonds is 5. The Morgan fingerprint density at radius 2 is 1.81 bits per heavy atom. The van der Waals surface area contributed by atoms with E-state index in [1.165, 1.54) is 18.9 Å². The third-order valence-electron chi connectivity index (χ3n) is 5.57. The molecule has 27 heavy (non-hydrogen) atoms. The highest BCUT2D eigenvalue weighted by Gasteiger charge is 2.29. The lowest BCUT2D eigenvalue weighted by atomic mass is 9.94. The van der Waals surface area contributed by atoms with Gasteiger partial charge in [0, 0.05) is 49.9 Å². The summed E-state index contributed by atoms with van der Waals surface area (Å²) in [7, 11) is 0. The fourth-order valence-electron chi connectivity index (χ4n) is 4.06. The van der Waals surface area contributed by atoms with Crippen LogP contribution in [0, 0.1) is 16.0 Å². The molecular formula is C20H29N3O4. The number of ether oxygens (including phenoxy) is 1. The van der Waals surface area contributed by atoms with Gasteiger partial charge in [-0.2, -0.15) is 0 Å². The standard InChI is InChI=1S/C20H29N3O4/c1-2-27-19-15-17(7-8-18(19)23(25)26)21-13-9-16(10-14-21)20(24)22-11-5-3-4-6-12-22/h7-8,15-16H,2-6,9-14H2,1H3. The molecule has 0 unspecified atom stereocenters. The minimum absolute atomic E-state index is 0.00757. The van der Waals surface area contributed by atoms with Crippen LogP contribution in [0.3, 0.4) is 0 Å². The van der Waals surface area contributed by atoms with Crippen molar-refractivity contribution in [2.24, 2.45) is 5.92 Å². The molecule has 3 rings (SSSR count). The van der Waals surface area contributed by atoms with Crippen LogP contribution in [0.2, 0.25) is 0 Å². The van der Waals surface area contributed by atoms with E-state index in [4.69, 9.17) is 4.74 Å². The van der Waals surface area contributed by atoms with Crippen LogP contribution < -0.4 is 9.64 Å². The molecule has 0 N–H and O–H groups in total. The number of carbonyl (C=O) groups excluding carboxylic acids is 1. The average molecular weight is 375 g/mol. The maximum atomic E-state index is 12.8. The maximum absolute atomic E-state index is 12.8. The van der Waals surface area contributed by atoms with Gasteiger partial charge in [0.1, 0.15) is 0 Å². The van der Waals surface area contributed by atoms with Crippen LogP contribution in [0.25, 0.3) is 0 Å². The van der Waals surface area contributed by atoms with Crippen LogP contribution in [-0.4, -0.2) is 48.5 Å². The molecule has 0 atom stereocenters. The molecule has 2 aliphatic heterocycles. The van der Waals surface area contributed by atoms with Gasteiger partial charge < -0.3 is 14.5 Å². The van der Waals surface area contributed by atoms with E-state index in [-0.39, 0.29) is 11.6 Å². The van der Waals surface area contributed by atoms with E-state index in [0.717, 1.165) is 57.5 Å². The van der Waals surface area contributed by atoms with Crippen LogP contribution in [0.15, 0.2) is 18.2 Å². The molecule has 0 aromatic heterocycles. The van der Waals surface area contributed by atoms with Gasteiger partial charge in [0.2, 0.25) is 5.91 Å². The first-order valence-electron chi connectivity index (χ1n) is 10.0. The van der Waals surface area contributed by atoms with Gasteiger partial charge in [-0.15, -0.1) is 0 Å². The van der Waals surface area contributed by atoms with E-state index < -0.39 is 4.92 Å². The van der Waals surface area contributed by atoms with Crippen molar-refractivity contribution in [2.75, 3.05) is 37.7 Å². The smallest absolute Gasteiger partial charge is 0.311 e. The Labute approximate surface area is 160 Å². The average Bonchev–Trinajstić information content (AvgIpc) is 2.97. The molecule has 0 aliphatic carbocycles. The summed E-state index contributed by atoms with van der Waals surface area (Å²) >= 11 is 0. The summed E-state index contributed by atoms with van der Waals surface area (Å²) < 4.78 is 5.45. The normalized spacial score (nSPS) is 18.9. The Morgan fingerprint density at radius 3 is 2.41 bits per heavy atom. The zero-order valence-electron chi connectivity index (χ0n) is 16.1. The summed E-state index contributed by atoms with van der Waals surface area (Å²) in [6.45, 7) is 5.58. The van der Waals surface area contributed by atoms with Crippen molar-refractivity contribution in [1.29, 1.82) is 0 Å². The summed E-state index contributed by atoms with van der Waals surface area (Å²) in [6.07, 6.45) is 6.35. The van der Waals surface area contributed by atoms with E-state index in [1.807, 2.05) is 6.92 Å².